The lowest BCUT2D eigenvalue weighted by atomic mass is 10.1. The molecule has 0 fully saturated rings. The van der Waals surface area contributed by atoms with Crippen molar-refractivity contribution < 1.29 is 5.11 Å². The predicted octanol–water partition coefficient (Wildman–Crippen LogP) is 1.81. The van der Waals surface area contributed by atoms with E-state index in [2.05, 4.69) is 0 Å². The average Bonchev–Trinajstić information content (AvgIpc) is 1.67. The summed E-state index contributed by atoms with van der Waals surface area (Å²) in [6, 6.07) is 0. The number of rotatable bonds is 2. The Morgan fingerprint density at radius 2 is 1.88 bits per heavy atom. The van der Waals surface area contributed by atoms with Gasteiger partial charge in [0.05, 0.1) is 6.61 Å². The summed E-state index contributed by atoms with van der Waals surface area (Å²) in [5.74, 6) is 0.0934. The molecule has 8 heavy (non-hydrogen) atoms. The quantitative estimate of drug-likeness (QED) is 0.606. The summed E-state index contributed by atoms with van der Waals surface area (Å²) in [6.07, 6.45) is 0. The first kappa shape index (κ1) is 8.54. The second kappa shape index (κ2) is 2.90. The highest BCUT2D eigenvalue weighted by atomic mass is 35.5. The van der Waals surface area contributed by atoms with Gasteiger partial charge in [-0.2, -0.15) is 0 Å². The van der Waals surface area contributed by atoms with Gasteiger partial charge in [0.25, 0.3) is 0 Å². The highest BCUT2D eigenvalue weighted by Gasteiger charge is 2.26. The molecule has 0 saturated carbocycles. The molecule has 1 nitrogen and oxygen atoms in total. The molecular weight excluding hydrogens is 147 g/mol. The van der Waals surface area contributed by atoms with E-state index in [0.29, 0.717) is 0 Å². The summed E-state index contributed by atoms with van der Waals surface area (Å²) >= 11 is 11.1. The largest absolute Gasteiger partial charge is 0.393 e. The maximum atomic E-state index is 8.50. The molecule has 0 rings (SSSR count). The molecule has 0 radical (unpaired) electrons. The van der Waals surface area contributed by atoms with Crippen LogP contribution in [0.15, 0.2) is 0 Å². The Morgan fingerprint density at radius 3 is 1.88 bits per heavy atom. The third-order valence-electron chi connectivity index (χ3n) is 1.06. The molecule has 0 saturated heterocycles. The van der Waals surface area contributed by atoms with Crippen molar-refractivity contribution in [1.82, 2.24) is 0 Å². The lowest BCUT2D eigenvalue weighted by molar-refractivity contribution is 0.255. The minimum atomic E-state index is -0.958. The van der Waals surface area contributed by atoms with Crippen molar-refractivity contribution >= 4 is 23.2 Å². The van der Waals surface area contributed by atoms with Crippen LogP contribution in [0.2, 0.25) is 0 Å². The molecule has 0 aliphatic rings. The van der Waals surface area contributed by atoms with Gasteiger partial charge in [-0.25, -0.2) is 0 Å². The van der Waals surface area contributed by atoms with E-state index in [4.69, 9.17) is 28.3 Å². The fourth-order valence-corrected chi connectivity index (χ4v) is 0.183. The third kappa shape index (κ3) is 2.21. The zero-order valence-electron chi connectivity index (χ0n) is 4.99. The molecule has 0 spiro atoms. The number of aliphatic hydroxyl groups excluding tert-OH is 1. The van der Waals surface area contributed by atoms with Crippen molar-refractivity contribution in [3.05, 3.63) is 0 Å². The smallest absolute Gasteiger partial charge is 0.143 e. The number of alkyl halides is 2. The fraction of sp³-hybridized carbons (Fsp3) is 1.00. The summed E-state index contributed by atoms with van der Waals surface area (Å²) in [6.45, 7) is 3.53. The van der Waals surface area contributed by atoms with Gasteiger partial charge in [0.2, 0.25) is 0 Å². The molecule has 0 aliphatic carbocycles. The van der Waals surface area contributed by atoms with E-state index in [-0.39, 0.29) is 12.5 Å². The average molecular weight is 157 g/mol. The van der Waals surface area contributed by atoms with Gasteiger partial charge in [-0.3, -0.25) is 0 Å². The van der Waals surface area contributed by atoms with Crippen LogP contribution in [-0.4, -0.2) is 16.0 Å². The lowest BCUT2D eigenvalue weighted by Gasteiger charge is -2.19. The fourth-order valence-electron chi connectivity index (χ4n) is 0.183. The maximum Gasteiger partial charge on any atom is 0.143 e. The first-order chi connectivity index (χ1) is 3.50. The predicted molar refractivity (Wildman–Crippen MR) is 36.4 cm³/mol. The van der Waals surface area contributed by atoms with Crippen LogP contribution >= 0.6 is 23.2 Å². The molecule has 0 aromatic rings. The van der Waals surface area contributed by atoms with Gasteiger partial charge in [-0.05, 0) is 5.92 Å². The van der Waals surface area contributed by atoms with Gasteiger partial charge in [0, 0.05) is 0 Å². The van der Waals surface area contributed by atoms with Crippen molar-refractivity contribution in [1.29, 1.82) is 0 Å². The minimum Gasteiger partial charge on any atom is -0.393 e. The van der Waals surface area contributed by atoms with E-state index in [9.17, 15) is 0 Å². The van der Waals surface area contributed by atoms with Gasteiger partial charge in [0.1, 0.15) is 4.33 Å². The number of aliphatic hydroxyl groups is 1. The first-order valence-corrected chi connectivity index (χ1v) is 3.25. The van der Waals surface area contributed by atoms with Crippen LogP contribution in [0.25, 0.3) is 0 Å². The molecular formula is C5H10Cl2O. The summed E-state index contributed by atoms with van der Waals surface area (Å²) in [7, 11) is 0. The normalized spacial score (nSPS) is 12.8. The molecule has 0 atom stereocenters. The zero-order chi connectivity index (χ0) is 6.78. The van der Waals surface area contributed by atoms with Crippen molar-refractivity contribution in [2.45, 2.75) is 18.2 Å². The van der Waals surface area contributed by atoms with Crippen LogP contribution in [0, 0.1) is 5.92 Å². The number of halogens is 2. The van der Waals surface area contributed by atoms with Gasteiger partial charge >= 0.3 is 0 Å². The number of hydrogen-bond donors (Lipinski definition) is 1. The summed E-state index contributed by atoms with van der Waals surface area (Å²) in [5.41, 5.74) is 0. The van der Waals surface area contributed by atoms with Gasteiger partial charge < -0.3 is 5.11 Å². The second-order valence-electron chi connectivity index (χ2n) is 2.07. The molecule has 50 valence electrons. The van der Waals surface area contributed by atoms with E-state index in [1.165, 1.54) is 0 Å². The van der Waals surface area contributed by atoms with Crippen molar-refractivity contribution in [2.75, 3.05) is 6.61 Å². The molecule has 0 amide bonds. The Balaban J connectivity index is 3.71. The van der Waals surface area contributed by atoms with Gasteiger partial charge in [-0.1, -0.05) is 37.0 Å². The van der Waals surface area contributed by atoms with Gasteiger partial charge in [-0.15, -0.1) is 0 Å². The summed E-state index contributed by atoms with van der Waals surface area (Å²) in [4.78, 5) is 0. The van der Waals surface area contributed by atoms with E-state index in [1.807, 2.05) is 13.8 Å². The Labute approximate surface area is 59.6 Å². The Morgan fingerprint density at radius 1 is 1.50 bits per heavy atom. The van der Waals surface area contributed by atoms with Crippen LogP contribution in [0.5, 0.6) is 0 Å². The second-order valence-corrected chi connectivity index (χ2v) is 3.62. The number of hydrogen-bond acceptors (Lipinski definition) is 1. The topological polar surface area (TPSA) is 20.2 Å². The van der Waals surface area contributed by atoms with Crippen molar-refractivity contribution in [3.8, 4) is 0 Å². The van der Waals surface area contributed by atoms with E-state index < -0.39 is 4.33 Å². The van der Waals surface area contributed by atoms with Crippen LogP contribution in [0.3, 0.4) is 0 Å². The molecule has 0 aliphatic heterocycles. The summed E-state index contributed by atoms with van der Waals surface area (Å²) in [5, 5.41) is 8.50. The molecule has 0 heterocycles. The molecule has 0 aromatic heterocycles. The maximum absolute atomic E-state index is 8.50. The minimum absolute atomic E-state index is 0.0934. The van der Waals surface area contributed by atoms with Crippen LogP contribution in [0.1, 0.15) is 13.8 Å². The highest BCUT2D eigenvalue weighted by Crippen LogP contribution is 2.28. The Bertz CT molecular complexity index is 70.8. The Hall–Kier alpha value is 0.540. The third-order valence-corrected chi connectivity index (χ3v) is 2.17. The van der Waals surface area contributed by atoms with Gasteiger partial charge in [0.15, 0.2) is 0 Å². The SMILES string of the molecule is CC(C)C(Cl)(Cl)CO. The molecule has 1 N–H and O–H groups in total. The lowest BCUT2D eigenvalue weighted by Crippen LogP contribution is -2.25. The van der Waals surface area contributed by atoms with E-state index in [1.54, 1.807) is 0 Å². The van der Waals surface area contributed by atoms with Crippen LogP contribution < -0.4 is 0 Å². The van der Waals surface area contributed by atoms with E-state index in [0.717, 1.165) is 0 Å². The van der Waals surface area contributed by atoms with Crippen LogP contribution in [-0.2, 0) is 0 Å². The van der Waals surface area contributed by atoms with E-state index >= 15 is 0 Å². The highest BCUT2D eigenvalue weighted by molar-refractivity contribution is 6.48. The first-order valence-electron chi connectivity index (χ1n) is 2.49. The summed E-state index contributed by atoms with van der Waals surface area (Å²) < 4.78 is -0.958. The standard InChI is InChI=1S/C5H10Cl2O/c1-4(2)5(6,7)3-8/h4,8H,3H2,1-2H3. The molecule has 3 heteroatoms. The monoisotopic (exact) mass is 156 g/mol. The molecule has 0 bridgehead atoms. The molecule has 0 unspecified atom stereocenters. The van der Waals surface area contributed by atoms with Crippen molar-refractivity contribution in [2.24, 2.45) is 5.92 Å². The van der Waals surface area contributed by atoms with Crippen molar-refractivity contribution in [3.63, 3.8) is 0 Å². The Kier molecular flexibility index (Phi) is 3.10. The molecule has 0 aromatic carbocycles. The van der Waals surface area contributed by atoms with Crippen LogP contribution in [0.4, 0.5) is 0 Å². The zero-order valence-corrected chi connectivity index (χ0v) is 6.50.